The highest BCUT2D eigenvalue weighted by Gasteiger charge is 2.28. The Morgan fingerprint density at radius 2 is 1.91 bits per heavy atom. The van der Waals surface area contributed by atoms with Gasteiger partial charge >= 0.3 is 6.18 Å². The molecule has 6 nitrogen and oxygen atoms in total. The fraction of sp³-hybridized carbons (Fsp3) is 0.154. The number of H-pyrrole nitrogens is 2. The second-order valence-electron chi connectivity index (χ2n) is 4.47. The van der Waals surface area contributed by atoms with Crippen molar-refractivity contribution in [1.82, 2.24) is 20.2 Å². The van der Waals surface area contributed by atoms with E-state index in [0.717, 1.165) is 0 Å². The Morgan fingerprint density at radius 3 is 2.59 bits per heavy atom. The Kier molecular flexibility index (Phi) is 3.32. The highest BCUT2D eigenvalue weighted by Crippen LogP contribution is 2.22. The van der Waals surface area contributed by atoms with Crippen LogP contribution < -0.4 is 10.3 Å². The highest BCUT2D eigenvalue weighted by molar-refractivity contribution is 5.74. The molecule has 1 aromatic carbocycles. The van der Waals surface area contributed by atoms with Crippen molar-refractivity contribution < 1.29 is 17.9 Å². The zero-order valence-corrected chi connectivity index (χ0v) is 10.9. The minimum Gasteiger partial charge on any atom is -0.484 e. The van der Waals surface area contributed by atoms with Gasteiger partial charge in [0.25, 0.3) is 5.56 Å². The molecule has 0 atom stereocenters. The number of hydrogen-bond donors (Lipinski definition) is 2. The molecule has 2 aromatic heterocycles. The number of ether oxygens (including phenoxy) is 1. The summed E-state index contributed by atoms with van der Waals surface area (Å²) in [5.74, 6) is 0.370. The summed E-state index contributed by atoms with van der Waals surface area (Å²) >= 11 is 0. The molecule has 0 radical (unpaired) electrons. The second kappa shape index (κ2) is 5.17. The predicted molar refractivity (Wildman–Crippen MR) is 71.5 cm³/mol. The number of rotatable bonds is 3. The number of hydrogen-bond acceptors (Lipinski definition) is 4. The lowest BCUT2D eigenvalue weighted by Gasteiger charge is -2.09. The van der Waals surface area contributed by atoms with Crippen LogP contribution in [-0.2, 0) is 0 Å². The Bertz CT molecular complexity index is 852. The minimum atomic E-state index is -4.39. The highest BCUT2D eigenvalue weighted by atomic mass is 19.4. The maximum absolute atomic E-state index is 12.1. The number of nitrogens with one attached hydrogen (secondary N) is 2. The summed E-state index contributed by atoms with van der Waals surface area (Å²) in [7, 11) is 0. The molecule has 0 aliphatic carbocycles. The second-order valence-corrected chi connectivity index (χ2v) is 4.47. The molecule has 0 saturated carbocycles. The van der Waals surface area contributed by atoms with E-state index in [4.69, 9.17) is 0 Å². The smallest absolute Gasteiger partial charge is 0.422 e. The summed E-state index contributed by atoms with van der Waals surface area (Å²) in [5.41, 5.74) is 0.819. The zero-order valence-electron chi connectivity index (χ0n) is 10.9. The van der Waals surface area contributed by atoms with Crippen molar-refractivity contribution >= 4 is 11.0 Å². The maximum atomic E-state index is 12.1. The zero-order chi connectivity index (χ0) is 15.7. The molecule has 0 spiro atoms. The summed E-state index contributed by atoms with van der Waals surface area (Å²) in [6, 6.07) is 5.77. The minimum absolute atomic E-state index is 0.0767. The molecule has 0 bridgehead atoms. The monoisotopic (exact) mass is 310 g/mol. The molecule has 0 unspecified atom stereocenters. The molecule has 2 N–H and O–H groups in total. The van der Waals surface area contributed by atoms with Gasteiger partial charge in [-0.1, -0.05) is 0 Å². The van der Waals surface area contributed by atoms with Crippen molar-refractivity contribution in [2.45, 2.75) is 6.18 Å². The number of benzene rings is 1. The first kappa shape index (κ1) is 14.1. The van der Waals surface area contributed by atoms with Gasteiger partial charge in [0, 0.05) is 5.56 Å². The van der Waals surface area contributed by atoms with Gasteiger partial charge in [0.1, 0.15) is 22.6 Å². The molecule has 3 rings (SSSR count). The van der Waals surface area contributed by atoms with E-state index in [0.29, 0.717) is 16.9 Å². The number of fused-ring (bicyclic) bond motifs is 1. The van der Waals surface area contributed by atoms with E-state index in [1.54, 1.807) is 0 Å². The van der Waals surface area contributed by atoms with Crippen molar-refractivity contribution in [1.29, 1.82) is 0 Å². The average molecular weight is 310 g/mol. The Morgan fingerprint density at radius 1 is 1.18 bits per heavy atom. The predicted octanol–water partition coefficient (Wildman–Crippen LogP) is 2.25. The summed E-state index contributed by atoms with van der Waals surface area (Å²) < 4.78 is 40.8. The summed E-state index contributed by atoms with van der Waals surface area (Å²) in [6.07, 6.45) is -2.98. The van der Waals surface area contributed by atoms with Gasteiger partial charge in [-0.25, -0.2) is 4.98 Å². The number of aromatic nitrogens is 4. The van der Waals surface area contributed by atoms with Crippen LogP contribution >= 0.6 is 0 Å². The van der Waals surface area contributed by atoms with Gasteiger partial charge in [0.05, 0.1) is 6.20 Å². The van der Waals surface area contributed by atoms with Crippen LogP contribution in [0.25, 0.3) is 22.4 Å². The van der Waals surface area contributed by atoms with Crippen LogP contribution in [0.2, 0.25) is 0 Å². The first-order valence-electron chi connectivity index (χ1n) is 6.16. The third-order valence-electron chi connectivity index (χ3n) is 2.84. The fourth-order valence-corrected chi connectivity index (χ4v) is 1.86. The van der Waals surface area contributed by atoms with Gasteiger partial charge in [0.15, 0.2) is 6.61 Å². The van der Waals surface area contributed by atoms with Crippen LogP contribution in [0.5, 0.6) is 5.75 Å². The van der Waals surface area contributed by atoms with Gasteiger partial charge in [-0.15, -0.1) is 0 Å². The third kappa shape index (κ3) is 2.92. The van der Waals surface area contributed by atoms with Crippen LogP contribution in [0.15, 0.2) is 35.3 Å². The number of alkyl halides is 3. The molecular weight excluding hydrogens is 301 g/mol. The number of halogens is 3. The Hall–Kier alpha value is -2.84. The Labute approximate surface area is 121 Å². The molecule has 0 amide bonds. The van der Waals surface area contributed by atoms with Crippen molar-refractivity contribution in [3.63, 3.8) is 0 Å². The summed E-state index contributed by atoms with van der Waals surface area (Å²) in [4.78, 5) is 18.6. The average Bonchev–Trinajstić information content (AvgIpc) is 2.94. The van der Waals surface area contributed by atoms with E-state index in [1.165, 1.54) is 30.5 Å². The molecular formula is C13H9F3N4O2. The quantitative estimate of drug-likeness (QED) is 0.777. The molecule has 3 aromatic rings. The number of nitrogens with zero attached hydrogens (tertiary/aromatic N) is 2. The van der Waals surface area contributed by atoms with Gasteiger partial charge < -0.3 is 9.72 Å². The van der Waals surface area contributed by atoms with Crippen LogP contribution in [0.3, 0.4) is 0 Å². The number of aromatic amines is 2. The fourth-order valence-electron chi connectivity index (χ4n) is 1.86. The lowest BCUT2D eigenvalue weighted by Crippen LogP contribution is -2.19. The SMILES string of the molecule is O=c1[nH]c(-c2ccc(OCC(F)(F)F)cc2)nc2cn[nH]c12. The first-order valence-corrected chi connectivity index (χ1v) is 6.16. The Balaban J connectivity index is 1.86. The van der Waals surface area contributed by atoms with Gasteiger partial charge in [-0.2, -0.15) is 18.3 Å². The third-order valence-corrected chi connectivity index (χ3v) is 2.84. The molecule has 22 heavy (non-hydrogen) atoms. The normalized spacial score (nSPS) is 11.8. The topological polar surface area (TPSA) is 83.7 Å². The molecule has 0 aliphatic rings. The van der Waals surface area contributed by atoms with E-state index < -0.39 is 12.8 Å². The van der Waals surface area contributed by atoms with Crippen LogP contribution in [0.4, 0.5) is 13.2 Å². The van der Waals surface area contributed by atoms with Gasteiger partial charge in [-0.05, 0) is 24.3 Å². The molecule has 0 saturated heterocycles. The lowest BCUT2D eigenvalue weighted by atomic mass is 10.2. The molecule has 114 valence electrons. The van der Waals surface area contributed by atoms with Crippen LogP contribution in [0.1, 0.15) is 0 Å². The van der Waals surface area contributed by atoms with Gasteiger partial charge in [-0.3, -0.25) is 9.89 Å². The molecule has 0 aliphatic heterocycles. The van der Waals surface area contributed by atoms with E-state index in [1.807, 2.05) is 0 Å². The van der Waals surface area contributed by atoms with Crippen LogP contribution in [0, 0.1) is 0 Å². The van der Waals surface area contributed by atoms with Gasteiger partial charge in [0.2, 0.25) is 0 Å². The summed E-state index contributed by atoms with van der Waals surface area (Å²) in [6.45, 7) is -1.36. The molecule has 9 heteroatoms. The van der Waals surface area contributed by atoms with E-state index >= 15 is 0 Å². The molecule has 2 heterocycles. The maximum Gasteiger partial charge on any atom is 0.422 e. The first-order chi connectivity index (χ1) is 10.4. The van der Waals surface area contributed by atoms with Crippen molar-refractivity contribution in [2.24, 2.45) is 0 Å². The van der Waals surface area contributed by atoms with E-state index in [9.17, 15) is 18.0 Å². The lowest BCUT2D eigenvalue weighted by molar-refractivity contribution is -0.153. The van der Waals surface area contributed by atoms with E-state index in [2.05, 4.69) is 24.9 Å². The van der Waals surface area contributed by atoms with Crippen molar-refractivity contribution in [3.05, 3.63) is 40.8 Å². The standard InChI is InChI=1S/C13H9F3N4O2/c14-13(15,16)6-22-8-3-1-7(2-4-8)11-18-9-5-17-20-10(9)12(21)19-11/h1-5H,6H2,(H,17,20)(H,18,19,21). The van der Waals surface area contributed by atoms with Crippen molar-refractivity contribution in [3.8, 4) is 17.1 Å². The largest absolute Gasteiger partial charge is 0.484 e. The van der Waals surface area contributed by atoms with Crippen LogP contribution in [-0.4, -0.2) is 32.9 Å². The van der Waals surface area contributed by atoms with Crippen molar-refractivity contribution in [2.75, 3.05) is 6.61 Å². The molecule has 0 fully saturated rings. The van der Waals surface area contributed by atoms with E-state index in [-0.39, 0.29) is 16.8 Å². The summed E-state index contributed by atoms with van der Waals surface area (Å²) in [5, 5.41) is 6.25.